The summed E-state index contributed by atoms with van der Waals surface area (Å²) in [6, 6.07) is 1.82. The first-order valence-corrected chi connectivity index (χ1v) is 6.53. The first-order chi connectivity index (χ1) is 9.22. The summed E-state index contributed by atoms with van der Waals surface area (Å²) in [5.74, 6) is 0.664. The molecule has 0 bridgehead atoms. The average molecular weight is 257 g/mol. The third-order valence-electron chi connectivity index (χ3n) is 2.96. The number of aromatic nitrogens is 4. The van der Waals surface area contributed by atoms with Gasteiger partial charge >= 0.3 is 0 Å². The SMILES string of the molecule is CCCNCc1c(C)nc(-c2ccncn2)nc1C. The van der Waals surface area contributed by atoms with E-state index in [-0.39, 0.29) is 0 Å². The van der Waals surface area contributed by atoms with Gasteiger partial charge in [0.05, 0.1) is 0 Å². The van der Waals surface area contributed by atoms with Gasteiger partial charge < -0.3 is 5.32 Å². The van der Waals surface area contributed by atoms with E-state index in [1.165, 1.54) is 11.9 Å². The van der Waals surface area contributed by atoms with Crippen LogP contribution < -0.4 is 5.32 Å². The fourth-order valence-corrected chi connectivity index (χ4v) is 1.92. The van der Waals surface area contributed by atoms with E-state index in [4.69, 9.17) is 0 Å². The highest BCUT2D eigenvalue weighted by Gasteiger charge is 2.10. The first kappa shape index (κ1) is 13.5. The van der Waals surface area contributed by atoms with Gasteiger partial charge in [-0.1, -0.05) is 6.92 Å². The molecular formula is C14H19N5. The zero-order chi connectivity index (χ0) is 13.7. The van der Waals surface area contributed by atoms with Crippen LogP contribution in [0.3, 0.4) is 0 Å². The fourth-order valence-electron chi connectivity index (χ4n) is 1.92. The van der Waals surface area contributed by atoms with Crippen molar-refractivity contribution in [2.45, 2.75) is 33.7 Å². The molecule has 0 aliphatic heterocycles. The molecule has 0 saturated heterocycles. The molecule has 19 heavy (non-hydrogen) atoms. The summed E-state index contributed by atoms with van der Waals surface area (Å²) in [5.41, 5.74) is 3.94. The number of hydrogen-bond acceptors (Lipinski definition) is 5. The molecule has 0 unspecified atom stereocenters. The zero-order valence-electron chi connectivity index (χ0n) is 11.6. The minimum absolute atomic E-state index is 0.664. The minimum atomic E-state index is 0.664. The van der Waals surface area contributed by atoms with Crippen LogP contribution in [-0.4, -0.2) is 26.5 Å². The Labute approximate surface area is 113 Å². The number of nitrogens with zero attached hydrogens (tertiary/aromatic N) is 4. The van der Waals surface area contributed by atoms with Crippen molar-refractivity contribution in [3.63, 3.8) is 0 Å². The predicted molar refractivity (Wildman–Crippen MR) is 74.5 cm³/mol. The summed E-state index contributed by atoms with van der Waals surface area (Å²) >= 11 is 0. The van der Waals surface area contributed by atoms with Gasteiger partial charge in [0.2, 0.25) is 0 Å². The molecular weight excluding hydrogens is 238 g/mol. The molecule has 2 heterocycles. The number of aryl methyl sites for hydroxylation is 2. The Balaban J connectivity index is 2.26. The summed E-state index contributed by atoms with van der Waals surface area (Å²) in [5, 5.41) is 3.39. The van der Waals surface area contributed by atoms with Crippen molar-refractivity contribution in [3.05, 3.63) is 35.5 Å². The number of hydrogen-bond donors (Lipinski definition) is 1. The summed E-state index contributed by atoms with van der Waals surface area (Å²) in [6.45, 7) is 8.01. The number of rotatable bonds is 5. The molecule has 0 aliphatic carbocycles. The van der Waals surface area contributed by atoms with Gasteiger partial charge in [-0.2, -0.15) is 0 Å². The minimum Gasteiger partial charge on any atom is -0.313 e. The molecule has 5 nitrogen and oxygen atoms in total. The molecule has 1 N–H and O–H groups in total. The maximum Gasteiger partial charge on any atom is 0.178 e. The molecule has 0 aromatic carbocycles. The van der Waals surface area contributed by atoms with E-state index in [1.807, 2.05) is 19.9 Å². The Morgan fingerprint density at radius 2 is 1.89 bits per heavy atom. The lowest BCUT2D eigenvalue weighted by Crippen LogP contribution is -2.17. The number of nitrogens with one attached hydrogen (secondary N) is 1. The van der Waals surface area contributed by atoms with Gasteiger partial charge in [-0.15, -0.1) is 0 Å². The Morgan fingerprint density at radius 3 is 2.47 bits per heavy atom. The Kier molecular flexibility index (Phi) is 4.52. The highest BCUT2D eigenvalue weighted by Crippen LogP contribution is 2.16. The van der Waals surface area contributed by atoms with Crippen molar-refractivity contribution in [2.24, 2.45) is 0 Å². The summed E-state index contributed by atoms with van der Waals surface area (Å²) < 4.78 is 0. The Hall–Kier alpha value is -1.88. The lowest BCUT2D eigenvalue weighted by Gasteiger charge is -2.11. The second kappa shape index (κ2) is 6.33. The van der Waals surface area contributed by atoms with Crippen molar-refractivity contribution < 1.29 is 0 Å². The van der Waals surface area contributed by atoms with Gasteiger partial charge in [0, 0.05) is 29.7 Å². The van der Waals surface area contributed by atoms with Crippen molar-refractivity contribution in [1.29, 1.82) is 0 Å². The summed E-state index contributed by atoms with van der Waals surface area (Å²) in [4.78, 5) is 17.2. The standard InChI is InChI=1S/C14H19N5/c1-4-6-15-8-12-10(2)18-14(19-11(12)3)13-5-7-16-9-17-13/h5,7,9,15H,4,6,8H2,1-3H3. The van der Waals surface area contributed by atoms with Gasteiger partial charge in [-0.25, -0.2) is 19.9 Å². The second-order valence-corrected chi connectivity index (χ2v) is 4.47. The van der Waals surface area contributed by atoms with E-state index in [0.717, 1.165) is 36.6 Å². The van der Waals surface area contributed by atoms with E-state index in [0.29, 0.717) is 5.82 Å². The van der Waals surface area contributed by atoms with Crippen LogP contribution in [0.2, 0.25) is 0 Å². The van der Waals surface area contributed by atoms with E-state index in [9.17, 15) is 0 Å². The molecule has 2 aromatic rings. The van der Waals surface area contributed by atoms with Gasteiger partial charge in [0.1, 0.15) is 12.0 Å². The quantitative estimate of drug-likeness (QED) is 0.830. The average Bonchev–Trinajstić information content (AvgIpc) is 2.43. The monoisotopic (exact) mass is 257 g/mol. The Morgan fingerprint density at radius 1 is 1.16 bits per heavy atom. The third-order valence-corrected chi connectivity index (χ3v) is 2.96. The van der Waals surface area contributed by atoms with Crippen LogP contribution in [0.5, 0.6) is 0 Å². The summed E-state index contributed by atoms with van der Waals surface area (Å²) in [7, 11) is 0. The van der Waals surface area contributed by atoms with Crippen molar-refractivity contribution in [2.75, 3.05) is 6.54 Å². The van der Waals surface area contributed by atoms with Crippen molar-refractivity contribution >= 4 is 0 Å². The van der Waals surface area contributed by atoms with Gasteiger partial charge in [-0.3, -0.25) is 0 Å². The normalized spacial score (nSPS) is 10.7. The van der Waals surface area contributed by atoms with E-state index < -0.39 is 0 Å². The maximum atomic E-state index is 4.54. The predicted octanol–water partition coefficient (Wildman–Crippen LogP) is 2.05. The van der Waals surface area contributed by atoms with Crippen LogP contribution in [0.1, 0.15) is 30.3 Å². The zero-order valence-corrected chi connectivity index (χ0v) is 11.6. The molecule has 0 fully saturated rings. The molecule has 0 spiro atoms. The van der Waals surface area contributed by atoms with E-state index >= 15 is 0 Å². The summed E-state index contributed by atoms with van der Waals surface area (Å²) in [6.07, 6.45) is 4.34. The van der Waals surface area contributed by atoms with Gasteiger partial charge in [-0.05, 0) is 32.9 Å². The van der Waals surface area contributed by atoms with E-state index in [1.54, 1.807) is 6.20 Å². The smallest absolute Gasteiger partial charge is 0.178 e. The van der Waals surface area contributed by atoms with E-state index in [2.05, 4.69) is 32.2 Å². The maximum absolute atomic E-state index is 4.54. The van der Waals surface area contributed by atoms with Gasteiger partial charge in [0.25, 0.3) is 0 Å². The molecule has 2 aromatic heterocycles. The van der Waals surface area contributed by atoms with Crippen LogP contribution in [0.4, 0.5) is 0 Å². The first-order valence-electron chi connectivity index (χ1n) is 6.53. The largest absolute Gasteiger partial charge is 0.313 e. The van der Waals surface area contributed by atoms with Gasteiger partial charge in [0.15, 0.2) is 5.82 Å². The lowest BCUT2D eigenvalue weighted by molar-refractivity contribution is 0.665. The fraction of sp³-hybridized carbons (Fsp3) is 0.429. The molecule has 0 saturated carbocycles. The highest BCUT2D eigenvalue weighted by atomic mass is 15.0. The molecule has 2 rings (SSSR count). The van der Waals surface area contributed by atoms with Crippen LogP contribution >= 0.6 is 0 Å². The van der Waals surface area contributed by atoms with Crippen molar-refractivity contribution in [3.8, 4) is 11.5 Å². The highest BCUT2D eigenvalue weighted by molar-refractivity contribution is 5.49. The lowest BCUT2D eigenvalue weighted by atomic mass is 10.1. The van der Waals surface area contributed by atoms with Crippen LogP contribution in [0.25, 0.3) is 11.5 Å². The second-order valence-electron chi connectivity index (χ2n) is 4.47. The molecule has 0 radical (unpaired) electrons. The topological polar surface area (TPSA) is 63.6 Å². The van der Waals surface area contributed by atoms with Crippen LogP contribution in [-0.2, 0) is 6.54 Å². The molecule has 100 valence electrons. The molecule has 0 atom stereocenters. The Bertz CT molecular complexity index is 516. The third kappa shape index (κ3) is 3.32. The molecule has 5 heteroatoms. The van der Waals surface area contributed by atoms with Crippen LogP contribution in [0, 0.1) is 13.8 Å². The molecule has 0 amide bonds. The van der Waals surface area contributed by atoms with Crippen molar-refractivity contribution in [1.82, 2.24) is 25.3 Å². The molecule has 0 aliphatic rings. The van der Waals surface area contributed by atoms with Crippen LogP contribution in [0.15, 0.2) is 18.6 Å².